The van der Waals surface area contributed by atoms with Gasteiger partial charge in [0.25, 0.3) is 11.7 Å². The van der Waals surface area contributed by atoms with Crippen LogP contribution in [0.3, 0.4) is 0 Å². The Bertz CT molecular complexity index is 1300. The largest absolute Gasteiger partial charge is 0.507 e. The van der Waals surface area contributed by atoms with Crippen molar-refractivity contribution < 1.29 is 19.4 Å². The highest BCUT2D eigenvalue weighted by Gasteiger charge is 2.47. The fourth-order valence-electron chi connectivity index (χ4n) is 4.17. The number of hydrogen-bond acceptors (Lipinski definition) is 5. The second-order valence-electron chi connectivity index (χ2n) is 9.10. The molecule has 174 valence electrons. The van der Waals surface area contributed by atoms with Gasteiger partial charge in [-0.2, -0.15) is 0 Å². The summed E-state index contributed by atoms with van der Waals surface area (Å²) in [7, 11) is 1.59. The maximum Gasteiger partial charge on any atom is 0.300 e. The van der Waals surface area contributed by atoms with E-state index >= 15 is 0 Å². The lowest BCUT2D eigenvalue weighted by Crippen LogP contribution is -2.29. The number of halogens is 1. The Labute approximate surface area is 207 Å². The molecule has 1 atom stereocenters. The second-order valence-corrected chi connectivity index (χ2v) is 10.0. The Morgan fingerprint density at radius 3 is 2.47 bits per heavy atom. The highest BCUT2D eigenvalue weighted by Crippen LogP contribution is 2.43. The average Bonchev–Trinajstić information content (AvgIpc) is 3.08. The van der Waals surface area contributed by atoms with Crippen LogP contribution in [0.2, 0.25) is 0 Å². The number of benzene rings is 2. The lowest BCUT2D eigenvalue weighted by molar-refractivity contribution is -0.132. The number of Topliss-reactive ketones (excluding diaryl/α,β-unsaturated/α-hetero) is 1. The molecule has 2 heterocycles. The van der Waals surface area contributed by atoms with Gasteiger partial charge in [-0.15, -0.1) is 0 Å². The summed E-state index contributed by atoms with van der Waals surface area (Å²) in [5.41, 5.74) is 2.21. The highest BCUT2D eigenvalue weighted by molar-refractivity contribution is 9.10. The summed E-state index contributed by atoms with van der Waals surface area (Å²) in [6, 6.07) is 15.1. The number of anilines is 1. The molecule has 1 amide bonds. The van der Waals surface area contributed by atoms with Crippen molar-refractivity contribution in [3.05, 3.63) is 93.7 Å². The smallest absolute Gasteiger partial charge is 0.300 e. The number of aliphatic hydroxyl groups excluding tert-OH is 1. The molecule has 0 radical (unpaired) electrons. The Morgan fingerprint density at radius 2 is 1.85 bits per heavy atom. The molecule has 1 N–H and O–H groups in total. The number of aliphatic hydroxyl groups is 1. The van der Waals surface area contributed by atoms with Gasteiger partial charge in [0.05, 0.1) is 18.7 Å². The van der Waals surface area contributed by atoms with Crippen LogP contribution in [-0.2, 0) is 15.0 Å². The Balaban J connectivity index is 1.95. The Kier molecular flexibility index (Phi) is 6.32. The molecule has 1 saturated heterocycles. The fraction of sp³-hybridized carbons (Fsp3) is 0.222. The normalized spacial score (nSPS) is 17.8. The van der Waals surface area contributed by atoms with Crippen molar-refractivity contribution in [2.75, 3.05) is 12.0 Å². The first kappa shape index (κ1) is 23.7. The van der Waals surface area contributed by atoms with Gasteiger partial charge in [-0.1, -0.05) is 48.8 Å². The topological polar surface area (TPSA) is 79.7 Å². The molecule has 1 unspecified atom stereocenters. The number of hydrogen-bond donors (Lipinski definition) is 1. The number of carbonyl (C=O) groups is 2. The second kappa shape index (κ2) is 9.06. The Hall–Kier alpha value is -3.45. The van der Waals surface area contributed by atoms with E-state index in [2.05, 4.69) is 20.9 Å². The molecule has 0 saturated carbocycles. The van der Waals surface area contributed by atoms with E-state index in [9.17, 15) is 14.7 Å². The van der Waals surface area contributed by atoms with Gasteiger partial charge in [-0.05, 0) is 53.4 Å². The van der Waals surface area contributed by atoms with Crippen LogP contribution in [0.5, 0.6) is 5.75 Å². The summed E-state index contributed by atoms with van der Waals surface area (Å²) in [6.07, 6.45) is 3.22. The number of methoxy groups -OCH3 is 1. The van der Waals surface area contributed by atoms with Crippen molar-refractivity contribution in [1.29, 1.82) is 0 Å². The molecule has 6 nitrogen and oxygen atoms in total. The van der Waals surface area contributed by atoms with Gasteiger partial charge in [0.1, 0.15) is 11.5 Å². The first-order valence-corrected chi connectivity index (χ1v) is 11.6. The van der Waals surface area contributed by atoms with E-state index in [1.807, 2.05) is 26.8 Å². The molecule has 34 heavy (non-hydrogen) atoms. The van der Waals surface area contributed by atoms with Crippen molar-refractivity contribution in [2.24, 2.45) is 0 Å². The predicted octanol–water partition coefficient (Wildman–Crippen LogP) is 5.78. The standard InChI is InChI=1S/C27H25BrN2O4/c1-27(2,3)20-13-16(10-11-21(20)34-4)24(31)22-23(17-7-6-12-29-15-17)30(26(33)25(22)32)19-9-5-8-18(28)14-19/h5-15,23,31H,1-4H3/b24-22-. The van der Waals surface area contributed by atoms with E-state index in [0.29, 0.717) is 22.6 Å². The molecule has 0 spiro atoms. The van der Waals surface area contributed by atoms with Crippen molar-refractivity contribution in [3.63, 3.8) is 0 Å². The monoisotopic (exact) mass is 520 g/mol. The van der Waals surface area contributed by atoms with Crippen molar-refractivity contribution >= 4 is 39.1 Å². The fourth-order valence-corrected chi connectivity index (χ4v) is 4.56. The maximum absolute atomic E-state index is 13.3. The van der Waals surface area contributed by atoms with Gasteiger partial charge < -0.3 is 9.84 Å². The molecule has 2 aromatic carbocycles. The summed E-state index contributed by atoms with van der Waals surface area (Å²) in [6.45, 7) is 6.11. The molecule has 1 aromatic heterocycles. The minimum atomic E-state index is -0.830. The summed E-state index contributed by atoms with van der Waals surface area (Å²) in [5.74, 6) is -1.02. The molecule has 1 fully saturated rings. The zero-order valence-electron chi connectivity index (χ0n) is 19.4. The number of amides is 1. The number of pyridine rings is 1. The summed E-state index contributed by atoms with van der Waals surface area (Å²) in [4.78, 5) is 32.1. The van der Waals surface area contributed by atoms with Crippen molar-refractivity contribution in [3.8, 4) is 5.75 Å². The maximum atomic E-state index is 13.3. The minimum Gasteiger partial charge on any atom is -0.507 e. The number of ether oxygens (including phenoxy) is 1. The van der Waals surface area contributed by atoms with E-state index in [1.54, 1.807) is 68.0 Å². The molecule has 7 heteroatoms. The van der Waals surface area contributed by atoms with Crippen LogP contribution < -0.4 is 9.64 Å². The van der Waals surface area contributed by atoms with Gasteiger partial charge >= 0.3 is 0 Å². The van der Waals surface area contributed by atoms with Gasteiger partial charge in [-0.3, -0.25) is 19.5 Å². The molecule has 0 aliphatic carbocycles. The highest BCUT2D eigenvalue weighted by atomic mass is 79.9. The molecule has 3 aromatic rings. The molecular formula is C27H25BrN2O4. The van der Waals surface area contributed by atoms with Crippen LogP contribution in [0.25, 0.3) is 5.76 Å². The molecule has 4 rings (SSSR count). The van der Waals surface area contributed by atoms with Gasteiger partial charge in [0, 0.05) is 33.7 Å². The summed E-state index contributed by atoms with van der Waals surface area (Å²) >= 11 is 3.43. The minimum absolute atomic E-state index is 0.0167. The third-order valence-electron chi connectivity index (χ3n) is 5.81. The van der Waals surface area contributed by atoms with Gasteiger partial charge in [0.2, 0.25) is 0 Å². The number of ketones is 1. The van der Waals surface area contributed by atoms with Crippen LogP contribution in [0.15, 0.2) is 77.0 Å². The van der Waals surface area contributed by atoms with Crippen molar-refractivity contribution in [1.82, 2.24) is 4.98 Å². The van der Waals surface area contributed by atoms with Crippen molar-refractivity contribution in [2.45, 2.75) is 32.2 Å². The van der Waals surface area contributed by atoms with E-state index in [-0.39, 0.29) is 16.7 Å². The third kappa shape index (κ3) is 4.23. The lowest BCUT2D eigenvalue weighted by atomic mass is 9.84. The van der Waals surface area contributed by atoms with Crippen LogP contribution in [0.1, 0.15) is 43.5 Å². The quantitative estimate of drug-likeness (QED) is 0.268. The molecule has 1 aliphatic heterocycles. The van der Waals surface area contributed by atoms with E-state index in [1.165, 1.54) is 4.90 Å². The summed E-state index contributed by atoms with van der Waals surface area (Å²) in [5, 5.41) is 11.4. The van der Waals surface area contributed by atoms with Gasteiger partial charge in [-0.25, -0.2) is 0 Å². The van der Waals surface area contributed by atoms with Crippen LogP contribution in [0, 0.1) is 0 Å². The van der Waals surface area contributed by atoms with Crippen LogP contribution in [-0.4, -0.2) is 28.9 Å². The van der Waals surface area contributed by atoms with Crippen LogP contribution in [0.4, 0.5) is 5.69 Å². The zero-order chi connectivity index (χ0) is 24.6. The van der Waals surface area contributed by atoms with Gasteiger partial charge in [0.15, 0.2) is 0 Å². The SMILES string of the molecule is COc1ccc(/C(O)=C2/C(=O)C(=O)N(c3cccc(Br)c3)C2c2cccnc2)cc1C(C)(C)C. The number of rotatable bonds is 4. The zero-order valence-corrected chi connectivity index (χ0v) is 21.0. The summed E-state index contributed by atoms with van der Waals surface area (Å²) < 4.78 is 6.27. The number of nitrogens with zero attached hydrogens (tertiary/aromatic N) is 2. The predicted molar refractivity (Wildman–Crippen MR) is 135 cm³/mol. The molecule has 1 aliphatic rings. The Morgan fingerprint density at radius 1 is 1.09 bits per heavy atom. The number of aromatic nitrogens is 1. The first-order chi connectivity index (χ1) is 16.1. The lowest BCUT2D eigenvalue weighted by Gasteiger charge is -2.26. The molecule has 0 bridgehead atoms. The first-order valence-electron chi connectivity index (χ1n) is 10.8. The van der Waals surface area contributed by atoms with Crippen LogP contribution >= 0.6 is 15.9 Å². The third-order valence-corrected chi connectivity index (χ3v) is 6.31. The van der Waals surface area contributed by atoms with E-state index in [0.717, 1.165) is 10.0 Å². The average molecular weight is 521 g/mol. The molecular weight excluding hydrogens is 496 g/mol. The van der Waals surface area contributed by atoms with E-state index < -0.39 is 17.7 Å². The van der Waals surface area contributed by atoms with E-state index in [4.69, 9.17) is 4.74 Å². The number of carbonyl (C=O) groups excluding carboxylic acids is 2.